The first-order valence-electron chi connectivity index (χ1n) is 7.80. The van der Waals surface area contributed by atoms with Crippen molar-refractivity contribution in [2.75, 3.05) is 6.61 Å². The zero-order chi connectivity index (χ0) is 15.6. The zero-order valence-corrected chi connectivity index (χ0v) is 13.0. The molecule has 0 aliphatic heterocycles. The number of carbonyl (C=O) groups is 1. The van der Waals surface area contributed by atoms with Gasteiger partial charge in [-0.05, 0) is 42.3 Å². The van der Waals surface area contributed by atoms with E-state index < -0.39 is 0 Å². The van der Waals surface area contributed by atoms with Gasteiger partial charge in [-0.2, -0.15) is 0 Å². The molecular weight excluding hydrogens is 272 g/mol. The van der Waals surface area contributed by atoms with Gasteiger partial charge in [-0.1, -0.05) is 56.2 Å². The Hall–Kier alpha value is -2.35. The minimum absolute atomic E-state index is 0.00128. The number of hydrogen-bond acceptors (Lipinski definition) is 2. The standard InChI is InChI=1S/C20H22O2/c1-2-3-7-16-22-19-13-11-18(12-14-19)20(21)15-10-17-8-5-4-6-9-17/h4-6,8-15H,2-3,7,16H2,1H3. The van der Waals surface area contributed by atoms with Crippen molar-refractivity contribution in [3.05, 3.63) is 71.8 Å². The summed E-state index contributed by atoms with van der Waals surface area (Å²) >= 11 is 0. The highest BCUT2D eigenvalue weighted by atomic mass is 16.5. The van der Waals surface area contributed by atoms with Gasteiger partial charge < -0.3 is 4.74 Å². The summed E-state index contributed by atoms with van der Waals surface area (Å²) in [4.78, 5) is 12.1. The fourth-order valence-electron chi connectivity index (χ4n) is 2.09. The number of allylic oxidation sites excluding steroid dienone is 1. The maximum Gasteiger partial charge on any atom is 0.185 e. The number of unbranched alkanes of at least 4 members (excludes halogenated alkanes) is 2. The topological polar surface area (TPSA) is 26.3 Å². The van der Waals surface area contributed by atoms with Crippen LogP contribution in [0.1, 0.15) is 42.1 Å². The molecule has 0 aliphatic rings. The molecule has 0 spiro atoms. The van der Waals surface area contributed by atoms with E-state index >= 15 is 0 Å². The maximum atomic E-state index is 12.1. The Morgan fingerprint density at radius 3 is 2.41 bits per heavy atom. The molecule has 0 amide bonds. The third-order valence-corrected chi connectivity index (χ3v) is 3.38. The third kappa shape index (κ3) is 5.21. The summed E-state index contributed by atoms with van der Waals surface area (Å²) in [5.41, 5.74) is 1.69. The molecule has 0 aromatic heterocycles. The molecule has 0 unspecified atom stereocenters. The van der Waals surface area contributed by atoms with Gasteiger partial charge in [0.1, 0.15) is 5.75 Å². The molecule has 2 heteroatoms. The van der Waals surface area contributed by atoms with Crippen LogP contribution >= 0.6 is 0 Å². The maximum absolute atomic E-state index is 12.1. The summed E-state index contributed by atoms with van der Waals surface area (Å²) in [7, 11) is 0. The number of hydrogen-bond donors (Lipinski definition) is 0. The van der Waals surface area contributed by atoms with Gasteiger partial charge in [0.25, 0.3) is 0 Å². The number of ether oxygens (including phenoxy) is 1. The second kappa shape index (κ2) is 8.83. The van der Waals surface area contributed by atoms with Crippen LogP contribution < -0.4 is 4.74 Å². The van der Waals surface area contributed by atoms with E-state index in [1.807, 2.05) is 60.7 Å². The molecule has 0 N–H and O–H groups in total. The first-order chi connectivity index (χ1) is 10.8. The van der Waals surface area contributed by atoms with E-state index in [2.05, 4.69) is 6.92 Å². The van der Waals surface area contributed by atoms with Crippen molar-refractivity contribution < 1.29 is 9.53 Å². The van der Waals surface area contributed by atoms with Gasteiger partial charge in [-0.15, -0.1) is 0 Å². The van der Waals surface area contributed by atoms with Crippen molar-refractivity contribution in [1.82, 2.24) is 0 Å². The second-order valence-corrected chi connectivity index (χ2v) is 5.19. The quantitative estimate of drug-likeness (QED) is 0.382. The van der Waals surface area contributed by atoms with Crippen LogP contribution in [0.2, 0.25) is 0 Å². The Morgan fingerprint density at radius 1 is 1.00 bits per heavy atom. The molecule has 0 radical (unpaired) electrons. The molecule has 0 bridgehead atoms. The van der Waals surface area contributed by atoms with Crippen LogP contribution in [-0.2, 0) is 0 Å². The lowest BCUT2D eigenvalue weighted by Crippen LogP contribution is -1.98. The second-order valence-electron chi connectivity index (χ2n) is 5.19. The highest BCUT2D eigenvalue weighted by Gasteiger charge is 2.02. The predicted molar refractivity (Wildman–Crippen MR) is 91.3 cm³/mol. The Bertz CT molecular complexity index is 597. The third-order valence-electron chi connectivity index (χ3n) is 3.38. The summed E-state index contributed by atoms with van der Waals surface area (Å²) in [6.45, 7) is 2.90. The average Bonchev–Trinajstić information content (AvgIpc) is 2.58. The fourth-order valence-corrected chi connectivity index (χ4v) is 2.09. The molecule has 2 aromatic rings. The molecule has 2 rings (SSSR count). The lowest BCUT2D eigenvalue weighted by Gasteiger charge is -2.05. The van der Waals surface area contributed by atoms with Crippen molar-refractivity contribution >= 4 is 11.9 Å². The average molecular weight is 294 g/mol. The van der Waals surface area contributed by atoms with Gasteiger partial charge in [-0.25, -0.2) is 0 Å². The molecule has 0 fully saturated rings. The molecule has 22 heavy (non-hydrogen) atoms. The zero-order valence-electron chi connectivity index (χ0n) is 13.0. The van der Waals surface area contributed by atoms with Crippen LogP contribution in [0.4, 0.5) is 0 Å². The van der Waals surface area contributed by atoms with Gasteiger partial charge in [0.05, 0.1) is 6.61 Å². The van der Waals surface area contributed by atoms with E-state index in [0.717, 1.165) is 24.3 Å². The van der Waals surface area contributed by atoms with Crippen molar-refractivity contribution in [2.45, 2.75) is 26.2 Å². The Morgan fingerprint density at radius 2 is 1.73 bits per heavy atom. The van der Waals surface area contributed by atoms with E-state index in [-0.39, 0.29) is 5.78 Å². The van der Waals surface area contributed by atoms with Crippen molar-refractivity contribution in [1.29, 1.82) is 0 Å². The minimum Gasteiger partial charge on any atom is -0.494 e. The van der Waals surface area contributed by atoms with Crippen LogP contribution in [0.25, 0.3) is 6.08 Å². The monoisotopic (exact) mass is 294 g/mol. The fraction of sp³-hybridized carbons (Fsp3) is 0.250. The van der Waals surface area contributed by atoms with Crippen LogP contribution in [0, 0.1) is 0 Å². The predicted octanol–water partition coefficient (Wildman–Crippen LogP) is 5.15. The van der Waals surface area contributed by atoms with E-state index in [0.29, 0.717) is 5.56 Å². The van der Waals surface area contributed by atoms with Crippen LogP contribution in [-0.4, -0.2) is 12.4 Å². The molecule has 0 saturated carbocycles. The molecule has 0 aliphatic carbocycles. The van der Waals surface area contributed by atoms with Gasteiger partial charge in [0, 0.05) is 5.56 Å². The van der Waals surface area contributed by atoms with Crippen LogP contribution in [0.5, 0.6) is 5.75 Å². The molecule has 2 aromatic carbocycles. The summed E-state index contributed by atoms with van der Waals surface area (Å²) in [5, 5.41) is 0. The van der Waals surface area contributed by atoms with Crippen molar-refractivity contribution in [3.63, 3.8) is 0 Å². The Balaban J connectivity index is 1.89. The van der Waals surface area contributed by atoms with Gasteiger partial charge in [-0.3, -0.25) is 4.79 Å². The van der Waals surface area contributed by atoms with Crippen molar-refractivity contribution in [3.8, 4) is 5.75 Å². The van der Waals surface area contributed by atoms with E-state index in [1.54, 1.807) is 6.08 Å². The number of rotatable bonds is 8. The summed E-state index contributed by atoms with van der Waals surface area (Å²) < 4.78 is 5.64. The van der Waals surface area contributed by atoms with Gasteiger partial charge in [0.2, 0.25) is 0 Å². The van der Waals surface area contributed by atoms with Crippen LogP contribution in [0.3, 0.4) is 0 Å². The molecule has 0 saturated heterocycles. The van der Waals surface area contributed by atoms with Gasteiger partial charge >= 0.3 is 0 Å². The number of ketones is 1. The minimum atomic E-state index is 0.00128. The van der Waals surface area contributed by atoms with Crippen molar-refractivity contribution in [2.24, 2.45) is 0 Å². The lowest BCUT2D eigenvalue weighted by molar-refractivity contribution is 0.104. The highest BCUT2D eigenvalue weighted by Crippen LogP contribution is 2.14. The van der Waals surface area contributed by atoms with E-state index in [9.17, 15) is 4.79 Å². The normalized spacial score (nSPS) is 10.8. The SMILES string of the molecule is CCCCCOc1ccc(C(=O)C=Cc2ccccc2)cc1. The highest BCUT2D eigenvalue weighted by molar-refractivity contribution is 6.06. The first-order valence-corrected chi connectivity index (χ1v) is 7.80. The molecule has 0 heterocycles. The number of benzene rings is 2. The summed E-state index contributed by atoms with van der Waals surface area (Å²) in [6.07, 6.45) is 6.87. The lowest BCUT2D eigenvalue weighted by atomic mass is 10.1. The molecule has 2 nitrogen and oxygen atoms in total. The Labute approximate surface area is 132 Å². The first kappa shape index (κ1) is 16.0. The Kier molecular flexibility index (Phi) is 6.43. The van der Waals surface area contributed by atoms with E-state index in [1.165, 1.54) is 12.8 Å². The summed E-state index contributed by atoms with van der Waals surface area (Å²) in [6, 6.07) is 17.1. The van der Waals surface area contributed by atoms with E-state index in [4.69, 9.17) is 4.74 Å². The largest absolute Gasteiger partial charge is 0.494 e. The van der Waals surface area contributed by atoms with Gasteiger partial charge in [0.15, 0.2) is 5.78 Å². The molecule has 114 valence electrons. The molecular formula is C20H22O2. The molecule has 0 atom stereocenters. The smallest absolute Gasteiger partial charge is 0.185 e. The summed E-state index contributed by atoms with van der Waals surface area (Å²) in [5.74, 6) is 0.820. The van der Waals surface area contributed by atoms with Crippen LogP contribution in [0.15, 0.2) is 60.7 Å². The number of carbonyl (C=O) groups excluding carboxylic acids is 1.